The van der Waals surface area contributed by atoms with E-state index in [-0.39, 0.29) is 5.91 Å². The lowest BCUT2D eigenvalue weighted by atomic mass is 9.84. The molecule has 0 unspecified atom stereocenters. The molecule has 0 atom stereocenters. The Morgan fingerprint density at radius 2 is 1.83 bits per heavy atom. The number of hydrogen-bond donors (Lipinski definition) is 3. The van der Waals surface area contributed by atoms with Crippen molar-refractivity contribution in [2.24, 2.45) is 13.0 Å². The summed E-state index contributed by atoms with van der Waals surface area (Å²) in [4.78, 5) is 12.9. The number of carbonyl (C=O) groups excluding carboxylic acids is 1. The van der Waals surface area contributed by atoms with E-state index >= 15 is 0 Å². The third-order valence-corrected chi connectivity index (χ3v) is 7.73. The first-order valence-electron chi connectivity index (χ1n) is 12.9. The van der Waals surface area contributed by atoms with Crippen LogP contribution in [0.3, 0.4) is 0 Å². The van der Waals surface area contributed by atoms with E-state index < -0.39 is 5.60 Å². The number of nitrogens with one attached hydrogen (secondary N) is 2. The molecule has 3 N–H and O–H groups in total. The van der Waals surface area contributed by atoms with Crippen molar-refractivity contribution in [3.8, 4) is 5.75 Å². The number of anilines is 1. The van der Waals surface area contributed by atoms with Crippen molar-refractivity contribution in [3.63, 3.8) is 0 Å². The Morgan fingerprint density at radius 1 is 1.11 bits per heavy atom. The van der Waals surface area contributed by atoms with Gasteiger partial charge in [-0.2, -0.15) is 0 Å². The van der Waals surface area contributed by atoms with Crippen molar-refractivity contribution < 1.29 is 14.6 Å². The molecule has 6 heteroatoms. The van der Waals surface area contributed by atoms with Crippen LogP contribution in [0.2, 0.25) is 0 Å². The first kappa shape index (κ1) is 23.9. The molecule has 2 fully saturated rings. The quantitative estimate of drug-likeness (QED) is 0.413. The van der Waals surface area contributed by atoms with Gasteiger partial charge in [-0.25, -0.2) is 0 Å². The maximum Gasteiger partial charge on any atom is 0.255 e. The van der Waals surface area contributed by atoms with Gasteiger partial charge in [0.15, 0.2) is 0 Å². The van der Waals surface area contributed by atoms with Crippen LogP contribution in [-0.2, 0) is 13.6 Å². The van der Waals surface area contributed by atoms with E-state index in [0.29, 0.717) is 17.5 Å². The summed E-state index contributed by atoms with van der Waals surface area (Å²) in [7, 11) is 2.09. The van der Waals surface area contributed by atoms with Crippen LogP contribution in [-0.4, -0.2) is 33.8 Å². The summed E-state index contributed by atoms with van der Waals surface area (Å²) in [5.41, 5.74) is 4.34. The summed E-state index contributed by atoms with van der Waals surface area (Å²) in [5, 5.41) is 18.1. The summed E-state index contributed by atoms with van der Waals surface area (Å²) in [6.45, 7) is 5.55. The lowest BCUT2D eigenvalue weighted by molar-refractivity contribution is 0.0139. The SMILES string of the molecule is Cc1c(NC(=O)c2ccc(OCC3CC3)cc2)ccc2cc(CNC3CCC(C)(O)CC3)n(C)c12. The Bertz CT molecular complexity index is 1200. The second kappa shape index (κ2) is 9.67. The fourth-order valence-electron chi connectivity index (χ4n) is 5.10. The first-order chi connectivity index (χ1) is 16.8. The van der Waals surface area contributed by atoms with Crippen LogP contribution in [0.5, 0.6) is 5.75 Å². The monoisotopic (exact) mass is 475 g/mol. The molecule has 1 amide bonds. The Morgan fingerprint density at radius 3 is 2.51 bits per heavy atom. The van der Waals surface area contributed by atoms with Crippen molar-refractivity contribution in [2.45, 2.75) is 70.6 Å². The van der Waals surface area contributed by atoms with Crippen LogP contribution in [0, 0.1) is 12.8 Å². The molecule has 35 heavy (non-hydrogen) atoms. The molecular formula is C29H37N3O3. The third-order valence-electron chi connectivity index (χ3n) is 7.73. The van der Waals surface area contributed by atoms with Crippen LogP contribution >= 0.6 is 0 Å². The molecule has 0 saturated heterocycles. The van der Waals surface area contributed by atoms with Crippen molar-refractivity contribution in [3.05, 3.63) is 59.3 Å². The average molecular weight is 476 g/mol. The maximum absolute atomic E-state index is 12.9. The summed E-state index contributed by atoms with van der Waals surface area (Å²) in [6.07, 6.45) is 6.21. The van der Waals surface area contributed by atoms with E-state index in [1.165, 1.54) is 23.9 Å². The van der Waals surface area contributed by atoms with Crippen molar-refractivity contribution in [1.29, 1.82) is 0 Å². The zero-order valence-corrected chi connectivity index (χ0v) is 21.1. The van der Waals surface area contributed by atoms with Gasteiger partial charge >= 0.3 is 0 Å². The third kappa shape index (κ3) is 5.54. The molecule has 3 aromatic rings. The van der Waals surface area contributed by atoms with E-state index in [2.05, 4.69) is 41.3 Å². The highest BCUT2D eigenvalue weighted by atomic mass is 16.5. The van der Waals surface area contributed by atoms with Crippen LogP contribution in [0.15, 0.2) is 42.5 Å². The first-order valence-corrected chi connectivity index (χ1v) is 12.9. The molecular weight excluding hydrogens is 438 g/mol. The van der Waals surface area contributed by atoms with E-state index in [1.54, 1.807) is 0 Å². The summed E-state index contributed by atoms with van der Waals surface area (Å²) in [5.74, 6) is 1.40. The largest absolute Gasteiger partial charge is 0.493 e. The Labute approximate surface area is 207 Å². The molecule has 0 aliphatic heterocycles. The van der Waals surface area contributed by atoms with Gasteiger partial charge in [0.2, 0.25) is 0 Å². The molecule has 186 valence electrons. The Kier molecular flexibility index (Phi) is 6.60. The van der Waals surface area contributed by atoms with Gasteiger partial charge in [0, 0.05) is 42.0 Å². The highest BCUT2D eigenvalue weighted by molar-refractivity contribution is 6.06. The molecule has 1 heterocycles. The number of ether oxygens (including phenoxy) is 1. The molecule has 0 spiro atoms. The van der Waals surface area contributed by atoms with E-state index in [0.717, 1.165) is 61.4 Å². The smallest absolute Gasteiger partial charge is 0.255 e. The molecule has 0 bridgehead atoms. The van der Waals surface area contributed by atoms with Crippen molar-refractivity contribution >= 4 is 22.5 Å². The van der Waals surface area contributed by atoms with Crippen LogP contribution < -0.4 is 15.4 Å². The fraction of sp³-hybridized carbons (Fsp3) is 0.483. The highest BCUT2D eigenvalue weighted by Crippen LogP contribution is 2.31. The van der Waals surface area contributed by atoms with Crippen molar-refractivity contribution in [2.75, 3.05) is 11.9 Å². The number of aliphatic hydroxyl groups is 1. The molecule has 0 radical (unpaired) electrons. The predicted octanol–water partition coefficient (Wildman–Crippen LogP) is 5.31. The second-order valence-electron chi connectivity index (χ2n) is 10.8. The Balaban J connectivity index is 1.24. The van der Waals surface area contributed by atoms with Crippen LogP contribution in [0.25, 0.3) is 10.9 Å². The fourth-order valence-corrected chi connectivity index (χ4v) is 5.10. The lowest BCUT2D eigenvalue weighted by Gasteiger charge is -2.33. The zero-order chi connectivity index (χ0) is 24.6. The second-order valence-corrected chi connectivity index (χ2v) is 10.8. The van der Waals surface area contributed by atoms with Crippen LogP contribution in [0.4, 0.5) is 5.69 Å². The molecule has 2 aliphatic carbocycles. The summed E-state index contributed by atoms with van der Waals surface area (Å²) < 4.78 is 8.00. The zero-order valence-electron chi connectivity index (χ0n) is 21.1. The molecule has 2 saturated carbocycles. The molecule has 5 rings (SSSR count). The van der Waals surface area contributed by atoms with Crippen molar-refractivity contribution in [1.82, 2.24) is 9.88 Å². The number of nitrogens with zero attached hydrogens (tertiary/aromatic N) is 1. The number of aromatic nitrogens is 1. The van der Waals surface area contributed by atoms with Gasteiger partial charge in [0.1, 0.15) is 5.75 Å². The number of fused-ring (bicyclic) bond motifs is 1. The lowest BCUT2D eigenvalue weighted by Crippen LogP contribution is -2.39. The van der Waals surface area contributed by atoms with Crippen LogP contribution in [0.1, 0.15) is 67.1 Å². The number of carbonyl (C=O) groups is 1. The number of hydrogen-bond acceptors (Lipinski definition) is 4. The van der Waals surface area contributed by atoms with E-state index in [1.807, 2.05) is 37.3 Å². The minimum Gasteiger partial charge on any atom is -0.493 e. The molecule has 2 aromatic carbocycles. The number of benzene rings is 2. The maximum atomic E-state index is 12.9. The molecule has 6 nitrogen and oxygen atoms in total. The Hall–Kier alpha value is -2.83. The van der Waals surface area contributed by atoms with E-state index in [9.17, 15) is 9.90 Å². The van der Waals surface area contributed by atoms with Gasteiger partial charge in [0.05, 0.1) is 17.7 Å². The number of aryl methyl sites for hydroxylation is 2. The van der Waals surface area contributed by atoms with Gasteiger partial charge in [-0.1, -0.05) is 6.07 Å². The summed E-state index contributed by atoms with van der Waals surface area (Å²) >= 11 is 0. The minimum atomic E-state index is -0.512. The summed E-state index contributed by atoms with van der Waals surface area (Å²) in [6, 6.07) is 14.1. The average Bonchev–Trinajstić information content (AvgIpc) is 3.62. The molecule has 1 aromatic heterocycles. The standard InChI is InChI=1S/C29H37N3O3/c1-19-26(31-28(33)21-6-9-25(10-7-21)35-18-20-4-5-20)11-8-22-16-24(32(3)27(19)22)17-30-23-12-14-29(2,34)15-13-23/h6-11,16,20,23,30,34H,4-5,12-15,17-18H2,1-3H3,(H,31,33). The predicted molar refractivity (Wildman–Crippen MR) is 140 cm³/mol. The number of amides is 1. The highest BCUT2D eigenvalue weighted by Gasteiger charge is 2.28. The van der Waals surface area contributed by atoms with Gasteiger partial charge in [-0.15, -0.1) is 0 Å². The van der Waals surface area contributed by atoms with E-state index in [4.69, 9.17) is 4.74 Å². The topological polar surface area (TPSA) is 75.5 Å². The normalized spacial score (nSPS) is 22.3. The van der Waals surface area contributed by atoms with Gasteiger partial charge in [-0.05, 0) is 100 Å². The minimum absolute atomic E-state index is 0.120. The van der Waals surface area contributed by atoms with Gasteiger partial charge in [0.25, 0.3) is 5.91 Å². The van der Waals surface area contributed by atoms with Gasteiger partial charge < -0.3 is 25.0 Å². The van der Waals surface area contributed by atoms with Gasteiger partial charge in [-0.3, -0.25) is 4.79 Å². The number of rotatable bonds is 8. The molecule has 2 aliphatic rings.